The van der Waals surface area contributed by atoms with Gasteiger partial charge in [-0.05, 0) is 30.5 Å². The van der Waals surface area contributed by atoms with E-state index in [9.17, 15) is 13.5 Å². The largest absolute Gasteiger partial charge is 0.386 e. The molecule has 0 aliphatic rings. The van der Waals surface area contributed by atoms with Gasteiger partial charge < -0.3 is 10.8 Å². The molecular formula is C21H31N2O3S+. The van der Waals surface area contributed by atoms with Gasteiger partial charge in [-0.3, -0.25) is 0 Å². The first-order valence-electron chi connectivity index (χ1n) is 9.32. The van der Waals surface area contributed by atoms with E-state index in [0.29, 0.717) is 13.0 Å². The zero-order chi connectivity index (χ0) is 20.0. The molecule has 4 N–H and O–H groups in total. The summed E-state index contributed by atoms with van der Waals surface area (Å²) in [4.78, 5) is 0.254. The highest BCUT2D eigenvalue weighted by atomic mass is 32.2. The summed E-state index contributed by atoms with van der Waals surface area (Å²) in [5, 5.41) is 10.6. The minimum atomic E-state index is -3.67. The molecule has 0 aliphatic heterocycles. The maximum atomic E-state index is 13.1. The highest BCUT2D eigenvalue weighted by Crippen LogP contribution is 2.19. The number of sulfonamides is 1. The van der Waals surface area contributed by atoms with Crippen LogP contribution in [0.1, 0.15) is 25.0 Å². The van der Waals surface area contributed by atoms with Crippen LogP contribution in [-0.4, -0.2) is 43.1 Å². The quantitative estimate of drug-likeness (QED) is 0.684. The molecule has 1 unspecified atom stereocenters. The predicted molar refractivity (Wildman–Crippen MR) is 108 cm³/mol. The molecular weight excluding hydrogens is 360 g/mol. The molecule has 0 fully saturated rings. The summed E-state index contributed by atoms with van der Waals surface area (Å²) in [5.74, 6) is 0.148. The van der Waals surface area contributed by atoms with Crippen molar-refractivity contribution in [3.05, 3.63) is 65.7 Å². The van der Waals surface area contributed by atoms with E-state index in [-0.39, 0.29) is 23.4 Å². The summed E-state index contributed by atoms with van der Waals surface area (Å²) < 4.78 is 27.6. The lowest BCUT2D eigenvalue weighted by Gasteiger charge is -2.27. The Morgan fingerprint density at radius 2 is 1.59 bits per heavy atom. The first-order valence-corrected chi connectivity index (χ1v) is 10.8. The van der Waals surface area contributed by atoms with Gasteiger partial charge in [0.05, 0.1) is 4.90 Å². The fourth-order valence-corrected chi connectivity index (χ4v) is 4.57. The van der Waals surface area contributed by atoms with Gasteiger partial charge in [0.2, 0.25) is 10.0 Å². The molecule has 148 valence electrons. The Morgan fingerprint density at radius 3 is 2.15 bits per heavy atom. The van der Waals surface area contributed by atoms with Crippen molar-refractivity contribution >= 4 is 10.0 Å². The predicted octanol–water partition coefficient (Wildman–Crippen LogP) is 1.86. The Labute approximate surface area is 162 Å². The van der Waals surface area contributed by atoms with E-state index in [1.165, 1.54) is 4.31 Å². The lowest BCUT2D eigenvalue weighted by atomic mass is 10.0. The Morgan fingerprint density at radius 1 is 1.00 bits per heavy atom. The summed E-state index contributed by atoms with van der Waals surface area (Å²) in [5.41, 5.74) is 6.14. The van der Waals surface area contributed by atoms with Crippen LogP contribution in [-0.2, 0) is 16.4 Å². The highest BCUT2D eigenvalue weighted by Gasteiger charge is 2.30. The van der Waals surface area contributed by atoms with Crippen LogP contribution in [0.5, 0.6) is 0 Å². The van der Waals surface area contributed by atoms with Gasteiger partial charge in [0, 0.05) is 19.5 Å². The van der Waals surface area contributed by atoms with Crippen LogP contribution in [0.4, 0.5) is 0 Å². The number of quaternary nitrogens is 1. The maximum Gasteiger partial charge on any atom is 0.243 e. The van der Waals surface area contributed by atoms with Crippen molar-refractivity contribution in [2.24, 2.45) is 5.92 Å². The van der Waals surface area contributed by atoms with E-state index >= 15 is 0 Å². The van der Waals surface area contributed by atoms with E-state index in [4.69, 9.17) is 0 Å². The van der Waals surface area contributed by atoms with E-state index in [1.54, 1.807) is 24.3 Å². The van der Waals surface area contributed by atoms with Gasteiger partial charge in [0.25, 0.3) is 0 Å². The van der Waals surface area contributed by atoms with Crippen molar-refractivity contribution in [3.63, 3.8) is 0 Å². The Balaban J connectivity index is 2.16. The van der Waals surface area contributed by atoms with Crippen LogP contribution < -0.4 is 5.73 Å². The molecule has 0 saturated heterocycles. The third-order valence-corrected chi connectivity index (χ3v) is 6.35. The molecule has 0 radical (unpaired) electrons. The molecule has 2 aromatic carbocycles. The average molecular weight is 392 g/mol. The molecule has 27 heavy (non-hydrogen) atoms. The zero-order valence-electron chi connectivity index (χ0n) is 16.4. The van der Waals surface area contributed by atoms with Crippen LogP contribution in [0, 0.1) is 12.8 Å². The molecule has 2 aromatic rings. The van der Waals surface area contributed by atoms with E-state index < -0.39 is 16.1 Å². The number of hydrogen-bond acceptors (Lipinski definition) is 3. The van der Waals surface area contributed by atoms with Gasteiger partial charge in [-0.1, -0.05) is 61.9 Å². The Hall–Kier alpha value is -1.73. The van der Waals surface area contributed by atoms with Crippen LogP contribution in [0.15, 0.2) is 59.5 Å². The Bertz CT molecular complexity index is 805. The number of rotatable bonds is 9. The van der Waals surface area contributed by atoms with Crippen molar-refractivity contribution in [2.45, 2.75) is 44.2 Å². The molecule has 0 bridgehead atoms. The van der Waals surface area contributed by atoms with Crippen LogP contribution in [0.2, 0.25) is 0 Å². The molecule has 0 heterocycles. The second kappa shape index (κ2) is 9.46. The smallest absolute Gasteiger partial charge is 0.243 e. The molecule has 0 aromatic heterocycles. The van der Waals surface area contributed by atoms with Crippen molar-refractivity contribution in [1.82, 2.24) is 4.31 Å². The zero-order valence-corrected chi connectivity index (χ0v) is 17.2. The van der Waals surface area contributed by atoms with Crippen molar-refractivity contribution in [2.75, 3.05) is 13.1 Å². The summed E-state index contributed by atoms with van der Waals surface area (Å²) in [6.45, 7) is 6.25. The lowest BCUT2D eigenvalue weighted by molar-refractivity contribution is -0.437. The Kier molecular flexibility index (Phi) is 7.56. The van der Waals surface area contributed by atoms with E-state index in [2.05, 4.69) is 5.73 Å². The van der Waals surface area contributed by atoms with Gasteiger partial charge in [-0.2, -0.15) is 4.31 Å². The SMILES string of the molecule is Cc1ccc(S(=O)(=O)N(CC(C)C)CC(O)[C@@H]([NH3+])Cc2ccccc2)cc1. The van der Waals surface area contributed by atoms with Crippen LogP contribution in [0.25, 0.3) is 0 Å². The molecule has 0 aliphatic carbocycles. The number of aliphatic hydroxyl groups is 1. The second-order valence-electron chi connectivity index (χ2n) is 7.55. The third kappa shape index (κ3) is 6.14. The molecule has 0 amide bonds. The normalized spacial score (nSPS) is 14.5. The average Bonchev–Trinajstić information content (AvgIpc) is 2.62. The first-order chi connectivity index (χ1) is 12.7. The number of hydrogen-bond donors (Lipinski definition) is 2. The molecule has 2 atom stereocenters. The number of nitrogens with zero attached hydrogens (tertiary/aromatic N) is 1. The van der Waals surface area contributed by atoms with Gasteiger partial charge in [-0.25, -0.2) is 8.42 Å². The first kappa shape index (κ1) is 21.6. The van der Waals surface area contributed by atoms with Crippen LogP contribution in [0.3, 0.4) is 0 Å². The third-order valence-electron chi connectivity index (χ3n) is 4.50. The van der Waals surface area contributed by atoms with Crippen molar-refractivity contribution in [1.29, 1.82) is 0 Å². The minimum Gasteiger partial charge on any atom is -0.386 e. The number of aliphatic hydroxyl groups excluding tert-OH is 1. The summed E-state index contributed by atoms with van der Waals surface area (Å²) in [7, 11) is -3.67. The summed E-state index contributed by atoms with van der Waals surface area (Å²) in [6, 6.07) is 16.3. The number of benzene rings is 2. The fourth-order valence-electron chi connectivity index (χ4n) is 2.95. The molecule has 0 spiro atoms. The standard InChI is InChI=1S/C21H30N2O3S/c1-16(2)14-23(27(25,26)19-11-9-17(3)10-12-19)15-21(24)20(22)13-18-7-5-4-6-8-18/h4-12,16,20-21,24H,13-15,22H2,1-3H3/p+1/t20-,21?/m0/s1. The minimum absolute atomic E-state index is 0.0371. The summed E-state index contributed by atoms with van der Waals surface area (Å²) >= 11 is 0. The summed E-state index contributed by atoms with van der Waals surface area (Å²) in [6.07, 6.45) is -0.244. The van der Waals surface area contributed by atoms with Gasteiger partial charge in [-0.15, -0.1) is 0 Å². The van der Waals surface area contributed by atoms with Crippen molar-refractivity contribution in [3.8, 4) is 0 Å². The second-order valence-corrected chi connectivity index (χ2v) is 9.48. The topological polar surface area (TPSA) is 85.2 Å². The van der Waals surface area contributed by atoms with E-state index in [0.717, 1.165) is 11.1 Å². The lowest BCUT2D eigenvalue weighted by Crippen LogP contribution is -2.69. The number of aryl methyl sites for hydroxylation is 1. The molecule has 0 saturated carbocycles. The molecule has 5 nitrogen and oxygen atoms in total. The van der Waals surface area contributed by atoms with Crippen LogP contribution >= 0.6 is 0 Å². The maximum absolute atomic E-state index is 13.1. The molecule has 6 heteroatoms. The van der Waals surface area contributed by atoms with Gasteiger partial charge >= 0.3 is 0 Å². The fraction of sp³-hybridized carbons (Fsp3) is 0.429. The van der Waals surface area contributed by atoms with E-state index in [1.807, 2.05) is 51.1 Å². The van der Waals surface area contributed by atoms with Gasteiger partial charge in [0.1, 0.15) is 12.1 Å². The molecule has 2 rings (SSSR count). The van der Waals surface area contributed by atoms with Gasteiger partial charge in [0.15, 0.2) is 0 Å². The monoisotopic (exact) mass is 391 g/mol. The highest BCUT2D eigenvalue weighted by molar-refractivity contribution is 7.89. The van der Waals surface area contributed by atoms with Crippen molar-refractivity contribution < 1.29 is 19.3 Å².